The Hall–Kier alpha value is -0.360. The highest BCUT2D eigenvalue weighted by Gasteiger charge is 2.21. The lowest BCUT2D eigenvalue weighted by Crippen LogP contribution is -2.21. The van der Waals surface area contributed by atoms with E-state index in [-0.39, 0.29) is 6.04 Å². The Balaban J connectivity index is 2.44. The monoisotopic (exact) mass is 333 g/mol. The van der Waals surface area contributed by atoms with Crippen molar-refractivity contribution in [3.8, 4) is 0 Å². The molecule has 92 valence electrons. The lowest BCUT2D eigenvalue weighted by molar-refractivity contribution is 0.564. The third-order valence-corrected chi connectivity index (χ3v) is 4.43. The van der Waals surface area contributed by atoms with Crippen molar-refractivity contribution in [3.63, 3.8) is 0 Å². The van der Waals surface area contributed by atoms with Crippen LogP contribution in [0.3, 0.4) is 0 Å². The maximum atomic E-state index is 6.22. The normalized spacial score (nSPS) is 12.9. The lowest BCUT2D eigenvalue weighted by Gasteiger charge is -2.17. The van der Waals surface area contributed by atoms with E-state index in [2.05, 4.69) is 44.7 Å². The van der Waals surface area contributed by atoms with E-state index in [1.165, 1.54) is 5.56 Å². The van der Waals surface area contributed by atoms with Gasteiger partial charge in [-0.1, -0.05) is 11.6 Å². The second-order valence-electron chi connectivity index (χ2n) is 3.60. The highest BCUT2D eigenvalue weighted by molar-refractivity contribution is 9.11. The summed E-state index contributed by atoms with van der Waals surface area (Å²) in [6.45, 7) is 2.87. The van der Waals surface area contributed by atoms with Gasteiger partial charge < -0.3 is 5.32 Å². The molecule has 1 unspecified atom stereocenters. The number of rotatable bonds is 4. The zero-order valence-electron chi connectivity index (χ0n) is 9.58. The number of nitrogens with one attached hydrogen (secondary N) is 1. The van der Waals surface area contributed by atoms with Gasteiger partial charge in [0.25, 0.3) is 0 Å². The second kappa shape index (κ2) is 5.52. The summed E-state index contributed by atoms with van der Waals surface area (Å²) in [6, 6.07) is 2.18. The van der Waals surface area contributed by atoms with E-state index >= 15 is 0 Å². The van der Waals surface area contributed by atoms with Crippen molar-refractivity contribution in [2.45, 2.75) is 19.5 Å². The zero-order chi connectivity index (χ0) is 12.4. The molecule has 0 aliphatic carbocycles. The van der Waals surface area contributed by atoms with Crippen LogP contribution in [0.5, 0.6) is 0 Å². The number of thiophene rings is 1. The Bertz CT molecular complexity index is 509. The molecule has 6 heteroatoms. The average molecular weight is 335 g/mol. The molecule has 0 fully saturated rings. The van der Waals surface area contributed by atoms with Crippen LogP contribution in [0.25, 0.3) is 0 Å². The first-order chi connectivity index (χ1) is 8.17. The van der Waals surface area contributed by atoms with Crippen LogP contribution >= 0.6 is 38.9 Å². The van der Waals surface area contributed by atoms with Gasteiger partial charge in [0.05, 0.1) is 26.7 Å². The second-order valence-corrected chi connectivity index (χ2v) is 6.30. The highest BCUT2D eigenvalue weighted by atomic mass is 79.9. The molecule has 0 saturated heterocycles. The van der Waals surface area contributed by atoms with Gasteiger partial charge in [0.1, 0.15) is 0 Å². The van der Waals surface area contributed by atoms with Crippen LogP contribution < -0.4 is 5.32 Å². The van der Waals surface area contributed by atoms with Crippen molar-refractivity contribution in [2.24, 2.45) is 0 Å². The van der Waals surface area contributed by atoms with Gasteiger partial charge >= 0.3 is 0 Å². The fraction of sp³-hybridized carbons (Fsp3) is 0.364. The summed E-state index contributed by atoms with van der Waals surface area (Å²) in [7, 11) is 1.93. The number of halogens is 2. The predicted octanol–water partition coefficient (Wildman–Crippen LogP) is 3.69. The van der Waals surface area contributed by atoms with E-state index < -0.39 is 0 Å². The van der Waals surface area contributed by atoms with Gasteiger partial charge in [0.15, 0.2) is 0 Å². The number of aryl methyl sites for hydroxylation is 1. The number of nitrogens with zero attached hydrogens (tertiary/aromatic N) is 2. The first-order valence-corrected chi connectivity index (χ1v) is 7.34. The molecule has 2 heterocycles. The molecule has 0 aromatic carbocycles. The summed E-state index contributed by atoms with van der Waals surface area (Å²) in [4.78, 5) is 0. The molecule has 0 aliphatic heterocycles. The average Bonchev–Trinajstić information content (AvgIpc) is 2.89. The summed E-state index contributed by atoms with van der Waals surface area (Å²) in [5.74, 6) is 0. The highest BCUT2D eigenvalue weighted by Crippen LogP contribution is 2.32. The molecule has 0 aliphatic rings. The molecule has 0 saturated carbocycles. The molecule has 2 rings (SSSR count). The van der Waals surface area contributed by atoms with Crippen LogP contribution in [0.2, 0.25) is 5.02 Å². The van der Waals surface area contributed by atoms with Crippen molar-refractivity contribution in [1.29, 1.82) is 0 Å². The van der Waals surface area contributed by atoms with Crippen molar-refractivity contribution in [2.75, 3.05) is 7.05 Å². The topological polar surface area (TPSA) is 29.9 Å². The minimum atomic E-state index is 0.0764. The Morgan fingerprint density at radius 2 is 2.41 bits per heavy atom. The van der Waals surface area contributed by atoms with Crippen LogP contribution in [0, 0.1) is 0 Å². The van der Waals surface area contributed by atoms with Crippen LogP contribution in [0.15, 0.2) is 21.4 Å². The maximum absolute atomic E-state index is 6.22. The van der Waals surface area contributed by atoms with Crippen LogP contribution in [0.1, 0.15) is 24.2 Å². The first kappa shape index (κ1) is 13.1. The Morgan fingerprint density at radius 1 is 1.65 bits per heavy atom. The fourth-order valence-corrected chi connectivity index (χ4v) is 3.30. The number of hydrogen-bond acceptors (Lipinski definition) is 3. The van der Waals surface area contributed by atoms with E-state index in [4.69, 9.17) is 11.6 Å². The molecule has 2 aromatic rings. The predicted molar refractivity (Wildman–Crippen MR) is 75.8 cm³/mol. The van der Waals surface area contributed by atoms with E-state index in [0.717, 1.165) is 16.0 Å². The van der Waals surface area contributed by atoms with Crippen molar-refractivity contribution < 1.29 is 0 Å². The molecule has 0 spiro atoms. The summed E-state index contributed by atoms with van der Waals surface area (Å²) >= 11 is 11.4. The van der Waals surface area contributed by atoms with Gasteiger partial charge in [0, 0.05) is 6.54 Å². The molecule has 17 heavy (non-hydrogen) atoms. The fourth-order valence-electron chi connectivity index (χ4n) is 1.85. The molecule has 0 radical (unpaired) electrons. The largest absolute Gasteiger partial charge is 0.308 e. The molecule has 2 aromatic heterocycles. The quantitative estimate of drug-likeness (QED) is 0.924. The number of hydrogen-bond donors (Lipinski definition) is 1. The summed E-state index contributed by atoms with van der Waals surface area (Å²) in [5, 5.41) is 10.4. The van der Waals surface area contributed by atoms with Gasteiger partial charge in [0.2, 0.25) is 0 Å². The van der Waals surface area contributed by atoms with Crippen LogP contribution in [-0.2, 0) is 6.54 Å². The molecule has 1 N–H and O–H groups in total. The Kier molecular flexibility index (Phi) is 4.25. The smallest absolute Gasteiger partial charge is 0.0837 e. The molecule has 0 bridgehead atoms. The van der Waals surface area contributed by atoms with E-state index in [1.807, 2.05) is 11.7 Å². The van der Waals surface area contributed by atoms with Gasteiger partial charge in [-0.3, -0.25) is 4.68 Å². The van der Waals surface area contributed by atoms with Crippen molar-refractivity contribution in [3.05, 3.63) is 37.7 Å². The molecular formula is C11H13BrClN3S. The van der Waals surface area contributed by atoms with Crippen LogP contribution in [-0.4, -0.2) is 16.8 Å². The number of aromatic nitrogens is 2. The maximum Gasteiger partial charge on any atom is 0.0837 e. The van der Waals surface area contributed by atoms with Crippen molar-refractivity contribution >= 4 is 38.9 Å². The summed E-state index contributed by atoms with van der Waals surface area (Å²) in [5.41, 5.74) is 2.21. The molecule has 0 amide bonds. The summed E-state index contributed by atoms with van der Waals surface area (Å²) in [6.07, 6.45) is 1.70. The third-order valence-electron chi connectivity index (χ3n) is 2.62. The molecule has 1 atom stereocenters. The van der Waals surface area contributed by atoms with Gasteiger partial charge in [-0.05, 0) is 46.9 Å². The minimum absolute atomic E-state index is 0.0764. The van der Waals surface area contributed by atoms with E-state index in [9.17, 15) is 0 Å². The Morgan fingerprint density at radius 3 is 2.94 bits per heavy atom. The van der Waals surface area contributed by atoms with Crippen molar-refractivity contribution in [1.82, 2.24) is 15.1 Å². The lowest BCUT2D eigenvalue weighted by atomic mass is 10.1. The first-order valence-electron chi connectivity index (χ1n) is 5.29. The van der Waals surface area contributed by atoms with Gasteiger partial charge in [-0.2, -0.15) is 5.10 Å². The molecular weight excluding hydrogens is 322 g/mol. The zero-order valence-corrected chi connectivity index (χ0v) is 12.7. The van der Waals surface area contributed by atoms with Crippen LogP contribution in [0.4, 0.5) is 0 Å². The van der Waals surface area contributed by atoms with E-state index in [0.29, 0.717) is 5.02 Å². The van der Waals surface area contributed by atoms with Gasteiger partial charge in [-0.25, -0.2) is 0 Å². The van der Waals surface area contributed by atoms with Gasteiger partial charge in [-0.15, -0.1) is 11.3 Å². The third kappa shape index (κ3) is 2.57. The standard InChI is InChI=1S/C11H13BrClN3S/c1-3-16-11(8(13)5-15-16)10(14-2)7-4-9(12)17-6-7/h4-6,10,14H,3H2,1-2H3. The summed E-state index contributed by atoms with van der Waals surface area (Å²) < 4.78 is 3.04. The Labute approximate surface area is 118 Å². The molecule has 3 nitrogen and oxygen atoms in total. The van der Waals surface area contributed by atoms with E-state index in [1.54, 1.807) is 17.5 Å². The minimum Gasteiger partial charge on any atom is -0.308 e. The SMILES string of the molecule is CCn1ncc(Cl)c1C(NC)c1csc(Br)c1.